The van der Waals surface area contributed by atoms with Crippen LogP contribution in [0.25, 0.3) is 0 Å². The van der Waals surface area contributed by atoms with E-state index in [1.54, 1.807) is 0 Å². The second-order valence-electron chi connectivity index (χ2n) is 3.51. The Balaban J connectivity index is 4.85. The lowest BCUT2D eigenvalue weighted by atomic mass is 9.74. The smallest absolute Gasteiger partial charge is 0.254 e. The van der Waals surface area contributed by atoms with Crippen molar-refractivity contribution in [2.24, 2.45) is 11.1 Å². The fraction of sp³-hybridized carbons (Fsp3) is 0.800. The number of carbonyl (C=O) groups is 2. The number of ketones is 1. The summed E-state index contributed by atoms with van der Waals surface area (Å²) in [4.78, 5) is 22.4. The van der Waals surface area contributed by atoms with E-state index < -0.39 is 23.2 Å². The fourth-order valence-corrected chi connectivity index (χ4v) is 1.69. The lowest BCUT2D eigenvalue weighted by molar-refractivity contribution is -0.145. The minimum Gasteiger partial charge on any atom is -0.376 e. The molecular weight excluding hydrogens is 182 g/mol. The third kappa shape index (κ3) is 2.32. The average molecular weight is 201 g/mol. The third-order valence-corrected chi connectivity index (χ3v) is 3.07. The molecule has 0 rings (SSSR count). The minimum absolute atomic E-state index is 0.447. The third-order valence-electron chi connectivity index (χ3n) is 3.07. The molecule has 0 aliphatic heterocycles. The Hall–Kier alpha value is -0.900. The normalized spacial score (nSPS) is 13.7. The molecule has 0 saturated heterocycles. The molecule has 0 heterocycles. The van der Waals surface area contributed by atoms with E-state index in [0.29, 0.717) is 19.3 Å². The predicted molar refractivity (Wildman–Crippen MR) is 53.5 cm³/mol. The van der Waals surface area contributed by atoms with Crippen LogP contribution in [0.2, 0.25) is 0 Å². The quantitative estimate of drug-likeness (QED) is 0.618. The number of primary amides is 1. The van der Waals surface area contributed by atoms with Crippen LogP contribution in [-0.4, -0.2) is 22.9 Å². The summed E-state index contributed by atoms with van der Waals surface area (Å²) in [6, 6.07) is 0. The highest BCUT2D eigenvalue weighted by Crippen LogP contribution is 2.32. The minimum atomic E-state index is -1.66. The molecule has 4 nitrogen and oxygen atoms in total. The van der Waals surface area contributed by atoms with Crippen LogP contribution in [0.1, 0.15) is 40.0 Å². The Kier molecular flexibility index (Phi) is 4.77. The number of aliphatic hydroxyl groups excluding tert-OH is 1. The van der Waals surface area contributed by atoms with Gasteiger partial charge in [0.2, 0.25) is 0 Å². The van der Waals surface area contributed by atoms with Gasteiger partial charge in [-0.1, -0.05) is 20.8 Å². The van der Waals surface area contributed by atoms with E-state index in [2.05, 4.69) is 0 Å². The maximum absolute atomic E-state index is 11.7. The lowest BCUT2D eigenvalue weighted by Crippen LogP contribution is -2.44. The molecule has 1 atom stereocenters. The van der Waals surface area contributed by atoms with Crippen molar-refractivity contribution in [2.75, 3.05) is 0 Å². The summed E-state index contributed by atoms with van der Waals surface area (Å²) in [5.41, 5.74) is 4.29. The lowest BCUT2D eigenvalue weighted by Gasteiger charge is -2.29. The van der Waals surface area contributed by atoms with Crippen molar-refractivity contribution in [2.45, 2.75) is 46.1 Å². The largest absolute Gasteiger partial charge is 0.376 e. The Morgan fingerprint density at radius 2 is 1.57 bits per heavy atom. The maximum Gasteiger partial charge on any atom is 0.254 e. The van der Waals surface area contributed by atoms with Gasteiger partial charge in [-0.3, -0.25) is 9.59 Å². The highest BCUT2D eigenvalue weighted by Gasteiger charge is 2.38. The van der Waals surface area contributed by atoms with E-state index in [1.165, 1.54) is 0 Å². The zero-order chi connectivity index (χ0) is 11.4. The monoisotopic (exact) mass is 201 g/mol. The second-order valence-corrected chi connectivity index (χ2v) is 3.51. The molecule has 14 heavy (non-hydrogen) atoms. The topological polar surface area (TPSA) is 80.4 Å². The molecule has 1 amide bonds. The molecule has 0 aromatic carbocycles. The van der Waals surface area contributed by atoms with Crippen LogP contribution in [0, 0.1) is 5.41 Å². The van der Waals surface area contributed by atoms with Gasteiger partial charge in [0, 0.05) is 5.41 Å². The van der Waals surface area contributed by atoms with Crippen LogP contribution in [-0.2, 0) is 9.59 Å². The van der Waals surface area contributed by atoms with E-state index in [1.807, 2.05) is 20.8 Å². The van der Waals surface area contributed by atoms with E-state index in [-0.39, 0.29) is 0 Å². The van der Waals surface area contributed by atoms with Crippen molar-refractivity contribution >= 4 is 11.7 Å². The zero-order valence-corrected chi connectivity index (χ0v) is 9.04. The van der Waals surface area contributed by atoms with E-state index >= 15 is 0 Å². The van der Waals surface area contributed by atoms with Crippen molar-refractivity contribution < 1.29 is 14.7 Å². The molecule has 0 bridgehead atoms. The summed E-state index contributed by atoms with van der Waals surface area (Å²) in [6.07, 6.45) is 0.185. The summed E-state index contributed by atoms with van der Waals surface area (Å²) >= 11 is 0. The van der Waals surface area contributed by atoms with Crippen molar-refractivity contribution in [3.63, 3.8) is 0 Å². The molecule has 3 N–H and O–H groups in total. The highest BCUT2D eigenvalue weighted by atomic mass is 16.3. The second kappa shape index (κ2) is 5.10. The Bertz CT molecular complexity index is 213. The molecule has 0 aromatic rings. The van der Waals surface area contributed by atoms with Gasteiger partial charge in [-0.15, -0.1) is 0 Å². The van der Waals surface area contributed by atoms with Gasteiger partial charge in [0.05, 0.1) is 0 Å². The van der Waals surface area contributed by atoms with E-state index in [9.17, 15) is 14.7 Å². The number of hydrogen-bond donors (Lipinski definition) is 2. The maximum atomic E-state index is 11.7. The molecule has 82 valence electrons. The summed E-state index contributed by atoms with van der Waals surface area (Å²) < 4.78 is 0. The number of Topliss-reactive ketones (excluding diaryl/α,β-unsaturated/α-hetero) is 1. The molecule has 4 heteroatoms. The van der Waals surface area contributed by atoms with E-state index in [0.717, 1.165) is 0 Å². The van der Waals surface area contributed by atoms with Crippen LogP contribution in [0.3, 0.4) is 0 Å². The SMILES string of the molecule is CCC(CC)(CC)C(=O)C(O)C(N)=O. The number of rotatable bonds is 6. The van der Waals surface area contributed by atoms with Crippen LogP contribution >= 0.6 is 0 Å². The van der Waals surface area contributed by atoms with E-state index in [4.69, 9.17) is 5.73 Å². The van der Waals surface area contributed by atoms with Gasteiger partial charge < -0.3 is 10.8 Å². The molecule has 0 spiro atoms. The highest BCUT2D eigenvalue weighted by molar-refractivity contribution is 6.05. The van der Waals surface area contributed by atoms with Gasteiger partial charge in [-0.25, -0.2) is 0 Å². The van der Waals surface area contributed by atoms with Gasteiger partial charge >= 0.3 is 0 Å². The molecule has 0 aliphatic rings. The molecule has 0 aliphatic carbocycles. The van der Waals surface area contributed by atoms with Crippen LogP contribution < -0.4 is 5.73 Å². The molecule has 1 unspecified atom stereocenters. The number of carbonyl (C=O) groups excluding carboxylic acids is 2. The van der Waals surface area contributed by atoms with Crippen molar-refractivity contribution in [1.29, 1.82) is 0 Å². The van der Waals surface area contributed by atoms with Crippen LogP contribution in [0.15, 0.2) is 0 Å². The standard InChI is InChI=1S/C10H19NO3/c1-4-10(5-2,6-3)8(13)7(12)9(11)14/h7,12H,4-6H2,1-3H3,(H2,11,14). The molecule has 0 saturated carbocycles. The first-order chi connectivity index (χ1) is 6.45. The first-order valence-electron chi connectivity index (χ1n) is 4.96. The number of amides is 1. The van der Waals surface area contributed by atoms with Crippen molar-refractivity contribution in [3.8, 4) is 0 Å². The summed E-state index contributed by atoms with van der Waals surface area (Å²) in [5.74, 6) is -1.41. The van der Waals surface area contributed by atoms with Gasteiger partial charge in [0.15, 0.2) is 11.9 Å². The summed E-state index contributed by atoms with van der Waals surface area (Å²) in [6.45, 7) is 5.62. The Labute approximate surface area is 84.5 Å². The molecule has 0 fully saturated rings. The van der Waals surface area contributed by atoms with Crippen LogP contribution in [0.4, 0.5) is 0 Å². The fourth-order valence-electron chi connectivity index (χ4n) is 1.69. The molecular formula is C10H19NO3. The van der Waals surface area contributed by atoms with Gasteiger partial charge in [0.1, 0.15) is 0 Å². The summed E-state index contributed by atoms with van der Waals surface area (Å²) in [5, 5.41) is 9.30. The van der Waals surface area contributed by atoms with Gasteiger partial charge in [0.25, 0.3) is 5.91 Å². The van der Waals surface area contributed by atoms with Crippen molar-refractivity contribution in [3.05, 3.63) is 0 Å². The Morgan fingerprint density at radius 3 is 1.79 bits per heavy atom. The van der Waals surface area contributed by atoms with Gasteiger partial charge in [-0.2, -0.15) is 0 Å². The average Bonchev–Trinajstić information content (AvgIpc) is 2.19. The number of hydrogen-bond acceptors (Lipinski definition) is 3. The molecule has 0 aromatic heterocycles. The Morgan fingerprint density at radius 1 is 1.21 bits per heavy atom. The first kappa shape index (κ1) is 13.1. The summed E-state index contributed by atoms with van der Waals surface area (Å²) in [7, 11) is 0. The van der Waals surface area contributed by atoms with Crippen LogP contribution in [0.5, 0.6) is 0 Å². The first-order valence-corrected chi connectivity index (χ1v) is 4.96. The predicted octanol–water partition coefficient (Wildman–Crippen LogP) is 0.618. The number of nitrogens with two attached hydrogens (primary N) is 1. The number of aliphatic hydroxyl groups is 1. The zero-order valence-electron chi connectivity index (χ0n) is 9.04. The van der Waals surface area contributed by atoms with Crippen molar-refractivity contribution in [1.82, 2.24) is 0 Å². The van der Waals surface area contributed by atoms with Gasteiger partial charge in [-0.05, 0) is 19.3 Å². The molecule has 0 radical (unpaired) electrons.